The molecule has 0 amide bonds. The average molecular weight is 218 g/mol. The van der Waals surface area contributed by atoms with Crippen LogP contribution in [0, 0.1) is 12.8 Å². The molecule has 16 heavy (non-hydrogen) atoms. The van der Waals surface area contributed by atoms with Gasteiger partial charge in [-0.15, -0.1) is 0 Å². The van der Waals surface area contributed by atoms with Crippen LogP contribution in [0.3, 0.4) is 0 Å². The molecule has 0 bridgehead atoms. The van der Waals surface area contributed by atoms with Crippen LogP contribution in [-0.4, -0.2) is 23.0 Å². The lowest BCUT2D eigenvalue weighted by atomic mass is 10.0. The summed E-state index contributed by atoms with van der Waals surface area (Å²) < 4.78 is 0. The molecule has 2 heterocycles. The third kappa shape index (κ3) is 2.43. The summed E-state index contributed by atoms with van der Waals surface area (Å²) in [6.45, 7) is 9.25. The summed E-state index contributed by atoms with van der Waals surface area (Å²) in [6, 6.07) is 2.73. The lowest BCUT2D eigenvalue weighted by molar-refractivity contribution is 0.228. The van der Waals surface area contributed by atoms with Crippen molar-refractivity contribution in [3.8, 4) is 0 Å². The van der Waals surface area contributed by atoms with Crippen molar-refractivity contribution in [1.29, 1.82) is 0 Å². The molecule has 1 atom stereocenters. The molecule has 0 spiro atoms. The van der Waals surface area contributed by atoms with Crippen molar-refractivity contribution in [2.75, 3.05) is 13.1 Å². The fourth-order valence-electron chi connectivity index (χ4n) is 2.69. The molecule has 1 saturated heterocycles. The largest absolute Gasteiger partial charge is 0.296 e. The van der Waals surface area contributed by atoms with E-state index in [0.717, 1.165) is 5.92 Å². The summed E-state index contributed by atoms with van der Waals surface area (Å²) in [4.78, 5) is 6.90. The minimum absolute atomic E-state index is 0.607. The number of pyridine rings is 1. The monoisotopic (exact) mass is 218 g/mol. The molecule has 0 radical (unpaired) electrons. The van der Waals surface area contributed by atoms with Gasteiger partial charge in [-0.2, -0.15) is 0 Å². The quantitative estimate of drug-likeness (QED) is 0.774. The molecule has 1 aromatic heterocycles. The van der Waals surface area contributed by atoms with Gasteiger partial charge in [0.1, 0.15) is 0 Å². The van der Waals surface area contributed by atoms with Gasteiger partial charge in [0.25, 0.3) is 0 Å². The first-order valence-electron chi connectivity index (χ1n) is 6.33. The van der Waals surface area contributed by atoms with E-state index in [2.05, 4.69) is 42.9 Å². The van der Waals surface area contributed by atoms with E-state index in [0.29, 0.717) is 6.04 Å². The number of rotatable bonds is 3. The van der Waals surface area contributed by atoms with Crippen LogP contribution < -0.4 is 0 Å². The molecule has 1 fully saturated rings. The second kappa shape index (κ2) is 4.96. The first-order chi connectivity index (χ1) is 7.68. The zero-order chi connectivity index (χ0) is 11.5. The molecule has 1 aliphatic heterocycles. The van der Waals surface area contributed by atoms with E-state index in [1.807, 2.05) is 6.20 Å². The zero-order valence-electron chi connectivity index (χ0n) is 10.6. The summed E-state index contributed by atoms with van der Waals surface area (Å²) >= 11 is 0. The Balaban J connectivity index is 2.17. The fourth-order valence-corrected chi connectivity index (χ4v) is 2.69. The maximum atomic E-state index is 4.28. The van der Waals surface area contributed by atoms with Gasteiger partial charge in [0.05, 0.1) is 0 Å². The van der Waals surface area contributed by atoms with Gasteiger partial charge in [-0.25, -0.2) is 0 Å². The fraction of sp³-hybridized carbons (Fsp3) is 0.643. The van der Waals surface area contributed by atoms with Crippen LogP contribution >= 0.6 is 0 Å². The summed E-state index contributed by atoms with van der Waals surface area (Å²) in [5, 5.41) is 0. The van der Waals surface area contributed by atoms with Gasteiger partial charge in [-0.05, 0) is 49.4 Å². The van der Waals surface area contributed by atoms with Crippen molar-refractivity contribution in [2.24, 2.45) is 5.92 Å². The second-order valence-electron chi connectivity index (χ2n) is 5.28. The van der Waals surface area contributed by atoms with E-state index in [4.69, 9.17) is 0 Å². The van der Waals surface area contributed by atoms with Crippen molar-refractivity contribution in [3.05, 3.63) is 29.6 Å². The standard InChI is InChI=1S/C14H22N2/c1-11(2)10-16-8-4-5-14(16)13-9-15-7-6-12(13)3/h6-7,9,11,14H,4-5,8,10H2,1-3H3/t14-/m0/s1. The van der Waals surface area contributed by atoms with Gasteiger partial charge in [0.2, 0.25) is 0 Å². The van der Waals surface area contributed by atoms with E-state index in [1.165, 1.54) is 37.1 Å². The van der Waals surface area contributed by atoms with Crippen molar-refractivity contribution in [3.63, 3.8) is 0 Å². The molecule has 2 heteroatoms. The summed E-state index contributed by atoms with van der Waals surface area (Å²) in [5.41, 5.74) is 2.82. The highest BCUT2D eigenvalue weighted by Gasteiger charge is 2.27. The number of hydrogen-bond donors (Lipinski definition) is 0. The topological polar surface area (TPSA) is 16.1 Å². The van der Waals surface area contributed by atoms with Crippen molar-refractivity contribution in [1.82, 2.24) is 9.88 Å². The van der Waals surface area contributed by atoms with Crippen LogP contribution in [0.15, 0.2) is 18.5 Å². The highest BCUT2D eigenvalue weighted by molar-refractivity contribution is 5.25. The highest BCUT2D eigenvalue weighted by Crippen LogP contribution is 2.33. The van der Waals surface area contributed by atoms with E-state index in [1.54, 1.807) is 0 Å². The molecule has 0 aliphatic carbocycles. The Bertz CT molecular complexity index is 346. The molecule has 0 unspecified atom stereocenters. The second-order valence-corrected chi connectivity index (χ2v) is 5.28. The van der Waals surface area contributed by atoms with Crippen LogP contribution in [0.25, 0.3) is 0 Å². The molecule has 2 nitrogen and oxygen atoms in total. The van der Waals surface area contributed by atoms with Crippen LogP contribution in [0.4, 0.5) is 0 Å². The molecular formula is C14H22N2. The summed E-state index contributed by atoms with van der Waals surface area (Å²) in [5.74, 6) is 0.748. The Labute approximate surface area is 98.7 Å². The Hall–Kier alpha value is -0.890. The minimum Gasteiger partial charge on any atom is -0.296 e. The lowest BCUT2D eigenvalue weighted by Gasteiger charge is -2.27. The third-order valence-electron chi connectivity index (χ3n) is 3.40. The van der Waals surface area contributed by atoms with Crippen LogP contribution in [0.5, 0.6) is 0 Å². The Kier molecular flexibility index (Phi) is 3.59. The maximum Gasteiger partial charge on any atom is 0.0366 e. The van der Waals surface area contributed by atoms with Crippen molar-refractivity contribution < 1.29 is 0 Å². The van der Waals surface area contributed by atoms with E-state index in [9.17, 15) is 0 Å². The van der Waals surface area contributed by atoms with Gasteiger partial charge >= 0.3 is 0 Å². The molecule has 0 N–H and O–H groups in total. The molecule has 2 rings (SSSR count). The van der Waals surface area contributed by atoms with Gasteiger partial charge in [0, 0.05) is 25.0 Å². The van der Waals surface area contributed by atoms with E-state index in [-0.39, 0.29) is 0 Å². The van der Waals surface area contributed by atoms with Crippen LogP contribution in [0.2, 0.25) is 0 Å². The molecule has 1 aromatic rings. The Morgan fingerprint density at radius 2 is 2.31 bits per heavy atom. The SMILES string of the molecule is Cc1ccncc1[C@@H]1CCCN1CC(C)C. The molecule has 88 valence electrons. The Morgan fingerprint density at radius 3 is 3.00 bits per heavy atom. The normalized spacial score (nSPS) is 21.9. The summed E-state index contributed by atoms with van der Waals surface area (Å²) in [7, 11) is 0. The smallest absolute Gasteiger partial charge is 0.0366 e. The van der Waals surface area contributed by atoms with Crippen LogP contribution in [0.1, 0.15) is 43.9 Å². The van der Waals surface area contributed by atoms with E-state index >= 15 is 0 Å². The first-order valence-corrected chi connectivity index (χ1v) is 6.33. The van der Waals surface area contributed by atoms with Gasteiger partial charge < -0.3 is 0 Å². The molecular weight excluding hydrogens is 196 g/mol. The van der Waals surface area contributed by atoms with Gasteiger partial charge in [-0.1, -0.05) is 13.8 Å². The molecule has 0 saturated carbocycles. The minimum atomic E-state index is 0.607. The zero-order valence-corrected chi connectivity index (χ0v) is 10.6. The number of aryl methyl sites for hydroxylation is 1. The van der Waals surface area contributed by atoms with Gasteiger partial charge in [-0.3, -0.25) is 9.88 Å². The molecule has 1 aliphatic rings. The van der Waals surface area contributed by atoms with Crippen molar-refractivity contribution >= 4 is 0 Å². The lowest BCUT2D eigenvalue weighted by Crippen LogP contribution is -2.27. The number of nitrogens with zero attached hydrogens (tertiary/aromatic N) is 2. The number of hydrogen-bond acceptors (Lipinski definition) is 2. The summed E-state index contributed by atoms with van der Waals surface area (Å²) in [6.07, 6.45) is 6.56. The average Bonchev–Trinajstić information content (AvgIpc) is 2.66. The van der Waals surface area contributed by atoms with E-state index < -0.39 is 0 Å². The first kappa shape index (κ1) is 11.6. The Morgan fingerprint density at radius 1 is 1.50 bits per heavy atom. The van der Waals surface area contributed by atoms with Crippen molar-refractivity contribution in [2.45, 2.75) is 39.7 Å². The van der Waals surface area contributed by atoms with Crippen LogP contribution in [-0.2, 0) is 0 Å². The number of likely N-dealkylation sites (tertiary alicyclic amines) is 1. The number of aromatic nitrogens is 1. The predicted octanol–water partition coefficient (Wildman–Crippen LogP) is 3.18. The highest BCUT2D eigenvalue weighted by atomic mass is 15.2. The molecule has 0 aromatic carbocycles. The maximum absolute atomic E-state index is 4.28. The van der Waals surface area contributed by atoms with Gasteiger partial charge in [0.15, 0.2) is 0 Å². The third-order valence-corrected chi connectivity index (χ3v) is 3.40. The predicted molar refractivity (Wildman–Crippen MR) is 67.4 cm³/mol.